The van der Waals surface area contributed by atoms with E-state index in [2.05, 4.69) is 4.98 Å². The highest BCUT2D eigenvalue weighted by Gasteiger charge is 2.19. The number of hydrogen-bond acceptors (Lipinski definition) is 3. The number of fused-ring (bicyclic) bond motifs is 1. The highest BCUT2D eigenvalue weighted by Crippen LogP contribution is 2.22. The zero-order valence-corrected chi connectivity index (χ0v) is 9.83. The van der Waals surface area contributed by atoms with E-state index in [0.29, 0.717) is 28.3 Å². The maximum absolute atomic E-state index is 12.1. The third-order valence-corrected chi connectivity index (χ3v) is 2.96. The fourth-order valence-corrected chi connectivity index (χ4v) is 1.87. The summed E-state index contributed by atoms with van der Waals surface area (Å²) in [5.41, 5.74) is 3.25. The van der Waals surface area contributed by atoms with Gasteiger partial charge in [0.2, 0.25) is 0 Å². The first-order valence-electron chi connectivity index (χ1n) is 5.13. The van der Waals surface area contributed by atoms with Crippen LogP contribution in [0.3, 0.4) is 0 Å². The molecule has 0 atom stereocenters. The molecule has 0 radical (unpaired) electrons. The Hall–Kier alpha value is -1.84. The standard InChI is InChI=1S/C12H14N2O2/c1-6-5-7(2)14(16)12-10(6)11(15)8(3)9(4)13-12/h5,16H,1-4H3. The fraction of sp³-hybridized carbons (Fsp3) is 0.333. The fourth-order valence-electron chi connectivity index (χ4n) is 1.87. The summed E-state index contributed by atoms with van der Waals surface area (Å²) in [6, 6.07) is 1.78. The number of nitrogens with zero attached hydrogens (tertiary/aromatic N) is 2. The predicted molar refractivity (Wildman–Crippen MR) is 61.3 cm³/mol. The zero-order valence-electron chi connectivity index (χ0n) is 9.83. The molecule has 0 saturated heterocycles. The van der Waals surface area contributed by atoms with Crippen LogP contribution in [-0.2, 0) is 0 Å². The van der Waals surface area contributed by atoms with Gasteiger partial charge in [0.15, 0.2) is 11.3 Å². The third-order valence-electron chi connectivity index (χ3n) is 2.96. The van der Waals surface area contributed by atoms with E-state index in [4.69, 9.17) is 0 Å². The second-order valence-electron chi connectivity index (χ2n) is 4.13. The quantitative estimate of drug-likeness (QED) is 0.686. The van der Waals surface area contributed by atoms with Crippen molar-refractivity contribution in [2.45, 2.75) is 27.7 Å². The van der Waals surface area contributed by atoms with Crippen molar-refractivity contribution in [3.8, 4) is 11.4 Å². The molecule has 0 aromatic heterocycles. The monoisotopic (exact) mass is 218 g/mol. The average Bonchev–Trinajstić information content (AvgIpc) is 2.22. The molecule has 0 fully saturated rings. The number of rotatable bonds is 0. The first-order chi connectivity index (χ1) is 7.43. The number of aromatic nitrogens is 2. The minimum atomic E-state index is -0.0530. The van der Waals surface area contributed by atoms with Crippen molar-refractivity contribution in [1.29, 1.82) is 0 Å². The molecule has 2 aliphatic heterocycles. The van der Waals surface area contributed by atoms with Crippen LogP contribution < -0.4 is 5.43 Å². The summed E-state index contributed by atoms with van der Waals surface area (Å²) in [5, 5.41) is 9.84. The van der Waals surface area contributed by atoms with Crippen LogP contribution in [-0.4, -0.2) is 14.9 Å². The molecule has 0 aromatic rings. The van der Waals surface area contributed by atoms with Gasteiger partial charge in [0.05, 0.1) is 11.3 Å². The van der Waals surface area contributed by atoms with E-state index in [9.17, 15) is 10.0 Å². The van der Waals surface area contributed by atoms with Crippen LogP contribution in [0.2, 0.25) is 0 Å². The first-order valence-corrected chi connectivity index (χ1v) is 5.13. The Morgan fingerprint density at radius 3 is 2.50 bits per heavy atom. The van der Waals surface area contributed by atoms with Crippen molar-refractivity contribution in [2.24, 2.45) is 0 Å². The van der Waals surface area contributed by atoms with E-state index in [0.717, 1.165) is 10.3 Å². The molecule has 0 amide bonds. The lowest BCUT2D eigenvalue weighted by molar-refractivity contribution is 0.179. The van der Waals surface area contributed by atoms with Crippen LogP contribution in [0.4, 0.5) is 0 Å². The summed E-state index contributed by atoms with van der Waals surface area (Å²) in [7, 11) is 0. The van der Waals surface area contributed by atoms with Crippen LogP contribution in [0.5, 0.6) is 0 Å². The lowest BCUT2D eigenvalue weighted by Crippen LogP contribution is -2.20. The molecule has 84 valence electrons. The van der Waals surface area contributed by atoms with E-state index in [1.54, 1.807) is 26.8 Å². The Bertz CT molecular complexity index is 599. The van der Waals surface area contributed by atoms with Gasteiger partial charge in [-0.25, -0.2) is 4.98 Å². The summed E-state index contributed by atoms with van der Waals surface area (Å²) in [6.45, 7) is 7.15. The number of pyridine rings is 2. The third kappa shape index (κ3) is 1.30. The highest BCUT2D eigenvalue weighted by molar-refractivity contribution is 5.63. The largest absolute Gasteiger partial charge is 0.427 e. The van der Waals surface area contributed by atoms with Crippen molar-refractivity contribution < 1.29 is 5.21 Å². The van der Waals surface area contributed by atoms with Crippen molar-refractivity contribution in [2.75, 3.05) is 0 Å². The number of aryl methyl sites for hydroxylation is 3. The summed E-state index contributed by atoms with van der Waals surface area (Å²) < 4.78 is 0.968. The molecule has 1 N–H and O–H groups in total. The van der Waals surface area contributed by atoms with Gasteiger partial charge >= 0.3 is 0 Å². The van der Waals surface area contributed by atoms with Gasteiger partial charge in [-0.05, 0) is 39.3 Å². The topological polar surface area (TPSA) is 55.1 Å². The van der Waals surface area contributed by atoms with Crippen LogP contribution >= 0.6 is 0 Å². The Kier molecular flexibility index (Phi) is 2.22. The minimum Gasteiger partial charge on any atom is -0.427 e. The van der Waals surface area contributed by atoms with Crippen LogP contribution in [0.15, 0.2) is 10.9 Å². The van der Waals surface area contributed by atoms with E-state index < -0.39 is 0 Å². The van der Waals surface area contributed by atoms with Crippen LogP contribution in [0, 0.1) is 27.7 Å². The second-order valence-corrected chi connectivity index (χ2v) is 4.13. The van der Waals surface area contributed by atoms with Crippen LogP contribution in [0.1, 0.15) is 22.5 Å². The molecule has 0 unspecified atom stereocenters. The molecule has 16 heavy (non-hydrogen) atoms. The van der Waals surface area contributed by atoms with Gasteiger partial charge in [-0.15, -0.1) is 0 Å². The van der Waals surface area contributed by atoms with E-state index >= 15 is 0 Å². The molecule has 0 spiro atoms. The second kappa shape index (κ2) is 3.33. The van der Waals surface area contributed by atoms with Crippen molar-refractivity contribution in [3.63, 3.8) is 0 Å². The maximum Gasteiger partial charge on any atom is 0.194 e. The Labute approximate surface area is 93.5 Å². The summed E-state index contributed by atoms with van der Waals surface area (Å²) in [6.07, 6.45) is 0. The average molecular weight is 218 g/mol. The Balaban J connectivity index is 3.06. The molecule has 0 aromatic carbocycles. The SMILES string of the molecule is Cc1cc(C)n(O)c2nc(C)c(C)c(=O)c1-2. The summed E-state index contributed by atoms with van der Waals surface area (Å²) in [4.78, 5) is 16.3. The van der Waals surface area contributed by atoms with Gasteiger partial charge in [0, 0.05) is 11.3 Å². The predicted octanol–water partition coefficient (Wildman–Crippen LogP) is 1.82. The van der Waals surface area contributed by atoms with Crippen molar-refractivity contribution in [3.05, 3.63) is 38.8 Å². The summed E-state index contributed by atoms with van der Waals surface area (Å²) >= 11 is 0. The zero-order chi connectivity index (χ0) is 12.0. The van der Waals surface area contributed by atoms with Gasteiger partial charge in [-0.1, -0.05) is 0 Å². The van der Waals surface area contributed by atoms with Gasteiger partial charge in [-0.2, -0.15) is 4.73 Å². The normalized spacial score (nSPS) is 11.0. The smallest absolute Gasteiger partial charge is 0.194 e. The first kappa shape index (κ1) is 10.7. The van der Waals surface area contributed by atoms with Crippen molar-refractivity contribution in [1.82, 2.24) is 9.71 Å². The Morgan fingerprint density at radius 2 is 1.88 bits per heavy atom. The minimum absolute atomic E-state index is 0.0530. The molecule has 4 heteroatoms. The molecular formula is C12H14N2O2. The highest BCUT2D eigenvalue weighted by atomic mass is 16.5. The van der Waals surface area contributed by atoms with Gasteiger partial charge in [0.25, 0.3) is 0 Å². The maximum atomic E-state index is 12.1. The van der Waals surface area contributed by atoms with Gasteiger partial charge in [-0.3, -0.25) is 4.79 Å². The molecule has 0 saturated carbocycles. The lowest BCUT2D eigenvalue weighted by Gasteiger charge is -2.15. The number of hydrogen-bond donors (Lipinski definition) is 1. The molecule has 4 nitrogen and oxygen atoms in total. The summed E-state index contributed by atoms with van der Waals surface area (Å²) in [5.74, 6) is 0.339. The van der Waals surface area contributed by atoms with Gasteiger partial charge in [0.1, 0.15) is 0 Å². The van der Waals surface area contributed by atoms with E-state index in [-0.39, 0.29) is 5.43 Å². The molecule has 2 heterocycles. The molecule has 2 aliphatic rings. The van der Waals surface area contributed by atoms with E-state index in [1.165, 1.54) is 0 Å². The van der Waals surface area contributed by atoms with Gasteiger partial charge < -0.3 is 5.21 Å². The molecule has 0 aliphatic carbocycles. The lowest BCUT2D eigenvalue weighted by atomic mass is 10.0. The van der Waals surface area contributed by atoms with E-state index in [1.807, 2.05) is 6.92 Å². The molecular weight excluding hydrogens is 204 g/mol. The molecule has 2 rings (SSSR count). The molecule has 0 bridgehead atoms. The van der Waals surface area contributed by atoms with Crippen molar-refractivity contribution >= 4 is 0 Å². The van der Waals surface area contributed by atoms with Crippen LogP contribution in [0.25, 0.3) is 11.4 Å². The Morgan fingerprint density at radius 1 is 1.25 bits per heavy atom.